The lowest BCUT2D eigenvalue weighted by molar-refractivity contribution is -0.141. The van der Waals surface area contributed by atoms with Gasteiger partial charge in [-0.2, -0.15) is 0 Å². The summed E-state index contributed by atoms with van der Waals surface area (Å²) >= 11 is 0. The zero-order chi connectivity index (χ0) is 7.56. The standard InChI is InChI=1S/C8H14O2/c1-3-6-5-10-8(9)7(6)4-2/h6-7H,3-5H2,1-2H3/t6-,7?/m1/s1. The maximum atomic E-state index is 11.0. The van der Waals surface area contributed by atoms with E-state index in [1.807, 2.05) is 6.92 Å². The zero-order valence-corrected chi connectivity index (χ0v) is 6.59. The molecule has 0 aromatic heterocycles. The first-order valence-corrected chi connectivity index (χ1v) is 3.96. The van der Waals surface area contributed by atoms with E-state index in [2.05, 4.69) is 6.92 Å². The molecule has 0 saturated carbocycles. The Kier molecular flexibility index (Phi) is 2.30. The van der Waals surface area contributed by atoms with Gasteiger partial charge >= 0.3 is 5.97 Å². The summed E-state index contributed by atoms with van der Waals surface area (Å²) < 4.78 is 4.92. The van der Waals surface area contributed by atoms with Gasteiger partial charge in [-0.25, -0.2) is 0 Å². The lowest BCUT2D eigenvalue weighted by Gasteiger charge is -2.08. The van der Waals surface area contributed by atoms with E-state index < -0.39 is 0 Å². The Morgan fingerprint density at radius 3 is 2.60 bits per heavy atom. The van der Waals surface area contributed by atoms with Gasteiger partial charge in [0.1, 0.15) is 0 Å². The van der Waals surface area contributed by atoms with Crippen molar-refractivity contribution in [3.05, 3.63) is 0 Å². The average Bonchev–Trinajstić information content (AvgIpc) is 2.30. The number of hydrogen-bond donors (Lipinski definition) is 0. The molecule has 1 saturated heterocycles. The molecule has 0 spiro atoms. The van der Waals surface area contributed by atoms with Crippen LogP contribution in [-0.2, 0) is 9.53 Å². The summed E-state index contributed by atoms with van der Waals surface area (Å²) in [4.78, 5) is 11.0. The van der Waals surface area contributed by atoms with Gasteiger partial charge in [0.05, 0.1) is 12.5 Å². The number of rotatable bonds is 2. The monoisotopic (exact) mass is 142 g/mol. The normalized spacial score (nSPS) is 32.4. The molecule has 1 aliphatic heterocycles. The van der Waals surface area contributed by atoms with E-state index in [4.69, 9.17) is 4.74 Å². The molecule has 0 aliphatic carbocycles. The van der Waals surface area contributed by atoms with Gasteiger partial charge in [0, 0.05) is 5.92 Å². The van der Waals surface area contributed by atoms with Crippen molar-refractivity contribution >= 4 is 5.97 Å². The van der Waals surface area contributed by atoms with Gasteiger partial charge in [0.15, 0.2) is 0 Å². The Morgan fingerprint density at radius 1 is 1.50 bits per heavy atom. The molecule has 0 amide bonds. The van der Waals surface area contributed by atoms with Crippen LogP contribution in [-0.4, -0.2) is 12.6 Å². The van der Waals surface area contributed by atoms with Crippen molar-refractivity contribution in [1.29, 1.82) is 0 Å². The molecule has 0 aromatic rings. The van der Waals surface area contributed by atoms with Crippen LogP contribution in [0.2, 0.25) is 0 Å². The molecule has 1 aliphatic rings. The Labute approximate surface area is 61.6 Å². The molecule has 0 aromatic carbocycles. The van der Waals surface area contributed by atoms with Gasteiger partial charge in [0.25, 0.3) is 0 Å². The maximum Gasteiger partial charge on any atom is 0.309 e. The zero-order valence-electron chi connectivity index (χ0n) is 6.59. The van der Waals surface area contributed by atoms with Crippen molar-refractivity contribution in [2.75, 3.05) is 6.61 Å². The molecule has 0 radical (unpaired) electrons. The summed E-state index contributed by atoms with van der Waals surface area (Å²) in [6.07, 6.45) is 1.99. The average molecular weight is 142 g/mol. The minimum atomic E-state index is 0.00866. The van der Waals surface area contributed by atoms with Gasteiger partial charge in [0.2, 0.25) is 0 Å². The lowest BCUT2D eigenvalue weighted by atomic mass is 9.91. The highest BCUT2D eigenvalue weighted by molar-refractivity contribution is 5.74. The maximum absolute atomic E-state index is 11.0. The van der Waals surface area contributed by atoms with Gasteiger partial charge in [-0.1, -0.05) is 13.8 Å². The van der Waals surface area contributed by atoms with Crippen LogP contribution in [0.1, 0.15) is 26.7 Å². The summed E-state index contributed by atoms with van der Waals surface area (Å²) in [5.74, 6) is 0.678. The third-order valence-electron chi connectivity index (χ3n) is 2.28. The molecule has 2 atom stereocenters. The molecule has 0 bridgehead atoms. The topological polar surface area (TPSA) is 26.3 Å². The van der Waals surface area contributed by atoms with E-state index in [0.29, 0.717) is 12.5 Å². The minimum absolute atomic E-state index is 0.00866. The highest BCUT2D eigenvalue weighted by Crippen LogP contribution is 2.26. The quantitative estimate of drug-likeness (QED) is 0.547. The van der Waals surface area contributed by atoms with Crippen molar-refractivity contribution < 1.29 is 9.53 Å². The molecule has 0 N–H and O–H groups in total. The van der Waals surface area contributed by atoms with E-state index >= 15 is 0 Å². The summed E-state index contributed by atoms with van der Waals surface area (Å²) in [6, 6.07) is 0. The third-order valence-corrected chi connectivity index (χ3v) is 2.28. The summed E-state index contributed by atoms with van der Waals surface area (Å²) in [5, 5.41) is 0. The summed E-state index contributed by atoms with van der Waals surface area (Å²) in [6.45, 7) is 4.79. The number of cyclic esters (lactones) is 1. The van der Waals surface area contributed by atoms with Gasteiger partial charge in [-0.05, 0) is 12.8 Å². The first kappa shape index (κ1) is 7.58. The Hall–Kier alpha value is -0.530. The molecular formula is C8H14O2. The van der Waals surface area contributed by atoms with Crippen molar-refractivity contribution in [2.45, 2.75) is 26.7 Å². The Bertz CT molecular complexity index is 131. The SMILES string of the molecule is CCC1C(=O)OC[C@H]1CC. The second kappa shape index (κ2) is 3.04. The highest BCUT2D eigenvalue weighted by atomic mass is 16.5. The summed E-state index contributed by atoms with van der Waals surface area (Å²) in [5.41, 5.74) is 0. The second-order valence-corrected chi connectivity index (χ2v) is 2.81. The van der Waals surface area contributed by atoms with Crippen molar-refractivity contribution in [1.82, 2.24) is 0 Å². The van der Waals surface area contributed by atoms with Crippen LogP contribution in [0.15, 0.2) is 0 Å². The fourth-order valence-electron chi connectivity index (χ4n) is 1.51. The predicted octanol–water partition coefficient (Wildman–Crippen LogP) is 1.60. The Balaban J connectivity index is 2.54. The largest absolute Gasteiger partial charge is 0.465 e. The number of esters is 1. The van der Waals surface area contributed by atoms with Crippen molar-refractivity contribution in [3.8, 4) is 0 Å². The lowest BCUT2D eigenvalue weighted by Crippen LogP contribution is -2.13. The number of hydrogen-bond acceptors (Lipinski definition) is 2. The van der Waals surface area contributed by atoms with Crippen LogP contribution in [0.3, 0.4) is 0 Å². The number of carbonyl (C=O) groups excluding carboxylic acids is 1. The van der Waals surface area contributed by atoms with Gasteiger partial charge < -0.3 is 4.74 Å². The van der Waals surface area contributed by atoms with Crippen LogP contribution in [0, 0.1) is 11.8 Å². The van der Waals surface area contributed by atoms with E-state index in [1.165, 1.54) is 0 Å². The van der Waals surface area contributed by atoms with Crippen LogP contribution in [0.4, 0.5) is 0 Å². The smallest absolute Gasteiger partial charge is 0.309 e. The number of ether oxygens (including phenoxy) is 1. The molecule has 1 heterocycles. The fraction of sp³-hybridized carbons (Fsp3) is 0.875. The van der Waals surface area contributed by atoms with E-state index in [0.717, 1.165) is 12.8 Å². The second-order valence-electron chi connectivity index (χ2n) is 2.81. The molecule has 2 heteroatoms. The van der Waals surface area contributed by atoms with Crippen LogP contribution in [0.25, 0.3) is 0 Å². The molecule has 1 unspecified atom stereocenters. The van der Waals surface area contributed by atoms with Crippen LogP contribution < -0.4 is 0 Å². The fourth-order valence-corrected chi connectivity index (χ4v) is 1.51. The third kappa shape index (κ3) is 1.15. The molecule has 58 valence electrons. The molecular weight excluding hydrogens is 128 g/mol. The van der Waals surface area contributed by atoms with Gasteiger partial charge in [-0.15, -0.1) is 0 Å². The Morgan fingerprint density at radius 2 is 2.20 bits per heavy atom. The molecule has 10 heavy (non-hydrogen) atoms. The summed E-state index contributed by atoms with van der Waals surface area (Å²) in [7, 11) is 0. The van der Waals surface area contributed by atoms with Crippen LogP contribution >= 0.6 is 0 Å². The minimum Gasteiger partial charge on any atom is -0.465 e. The first-order chi connectivity index (χ1) is 4.79. The first-order valence-electron chi connectivity index (χ1n) is 3.96. The molecule has 1 fully saturated rings. The predicted molar refractivity (Wildman–Crippen MR) is 38.5 cm³/mol. The van der Waals surface area contributed by atoms with Crippen molar-refractivity contribution in [2.24, 2.45) is 11.8 Å². The number of carbonyl (C=O) groups is 1. The van der Waals surface area contributed by atoms with E-state index in [9.17, 15) is 4.79 Å². The van der Waals surface area contributed by atoms with Gasteiger partial charge in [-0.3, -0.25) is 4.79 Å². The van der Waals surface area contributed by atoms with Crippen LogP contribution in [0.5, 0.6) is 0 Å². The molecule has 1 rings (SSSR count). The highest BCUT2D eigenvalue weighted by Gasteiger charge is 2.33. The van der Waals surface area contributed by atoms with E-state index in [1.54, 1.807) is 0 Å². The van der Waals surface area contributed by atoms with E-state index in [-0.39, 0.29) is 11.9 Å². The molecule has 2 nitrogen and oxygen atoms in total. The van der Waals surface area contributed by atoms with Crippen molar-refractivity contribution in [3.63, 3.8) is 0 Å².